The molecule has 0 saturated carbocycles. The van der Waals surface area contributed by atoms with Crippen LogP contribution in [0.4, 0.5) is 0 Å². The summed E-state index contributed by atoms with van der Waals surface area (Å²) < 4.78 is 0. The molecule has 0 aliphatic heterocycles. The Bertz CT molecular complexity index is 324. The van der Waals surface area contributed by atoms with E-state index in [9.17, 15) is 0 Å². The highest BCUT2D eigenvalue weighted by Gasteiger charge is 2.08. The number of alkyl halides is 1. The van der Waals surface area contributed by atoms with Crippen molar-refractivity contribution in [1.29, 1.82) is 0 Å². The summed E-state index contributed by atoms with van der Waals surface area (Å²) in [5.41, 5.74) is 4.00. The van der Waals surface area contributed by atoms with Crippen molar-refractivity contribution in [2.45, 2.75) is 13.8 Å². The van der Waals surface area contributed by atoms with Gasteiger partial charge in [0.25, 0.3) is 0 Å². The summed E-state index contributed by atoms with van der Waals surface area (Å²) in [7, 11) is 0. The Labute approximate surface area is 92.0 Å². The molecule has 0 unspecified atom stereocenters. The number of nitrogens with zero attached hydrogens (tertiary/aromatic N) is 1. The maximum absolute atomic E-state index is 6.02. The summed E-state index contributed by atoms with van der Waals surface area (Å²) in [5.74, 6) is 0. The monoisotopic (exact) mass is 259 g/mol. The predicted octanol–water partition coefficient (Wildman–Crippen LogP) is 3.76. The molecule has 1 aromatic rings. The molecule has 70 valence electrons. The van der Waals surface area contributed by atoms with Crippen molar-refractivity contribution in [3.8, 4) is 0 Å². The first-order chi connectivity index (χ1) is 6.06. The van der Waals surface area contributed by atoms with Crippen LogP contribution in [0.2, 0.25) is 5.15 Å². The molecule has 1 rings (SSSR count). The van der Waals surface area contributed by atoms with Crippen molar-refractivity contribution in [3.05, 3.63) is 34.6 Å². The van der Waals surface area contributed by atoms with E-state index in [-0.39, 0.29) is 0 Å². The molecule has 3 heteroatoms. The number of hydrogen-bond donors (Lipinski definition) is 0. The Hall–Kier alpha value is -0.340. The van der Waals surface area contributed by atoms with Gasteiger partial charge < -0.3 is 0 Å². The Morgan fingerprint density at radius 2 is 2.23 bits per heavy atom. The maximum Gasteiger partial charge on any atom is 0.137 e. The van der Waals surface area contributed by atoms with Crippen molar-refractivity contribution in [1.82, 2.24) is 4.98 Å². The third-order valence-corrected chi connectivity index (χ3v) is 2.77. The summed E-state index contributed by atoms with van der Waals surface area (Å²) in [6.07, 6.45) is 0. The van der Waals surface area contributed by atoms with Crippen LogP contribution >= 0.6 is 27.5 Å². The summed E-state index contributed by atoms with van der Waals surface area (Å²) in [5, 5.41) is 1.26. The Balaban J connectivity index is 3.28. The fourth-order valence-electron chi connectivity index (χ4n) is 1.28. The van der Waals surface area contributed by atoms with Gasteiger partial charge in [-0.05, 0) is 31.1 Å². The number of allylic oxidation sites excluding steroid dienone is 1. The summed E-state index contributed by atoms with van der Waals surface area (Å²) in [4.78, 5) is 4.19. The molecule has 0 N–H and O–H groups in total. The van der Waals surface area contributed by atoms with Gasteiger partial charge in [0.2, 0.25) is 0 Å². The van der Waals surface area contributed by atoms with E-state index in [1.807, 2.05) is 19.9 Å². The first-order valence-electron chi connectivity index (χ1n) is 3.94. The lowest BCUT2D eigenvalue weighted by atomic mass is 10.1. The number of halogens is 2. The van der Waals surface area contributed by atoms with Gasteiger partial charge in [-0.25, -0.2) is 4.98 Å². The van der Waals surface area contributed by atoms with Gasteiger partial charge in [0.05, 0.1) is 0 Å². The normalized spacial score (nSPS) is 10.2. The Morgan fingerprint density at radius 1 is 1.62 bits per heavy atom. The number of rotatable bonds is 2. The maximum atomic E-state index is 6.02. The fourth-order valence-corrected chi connectivity index (χ4v) is 1.98. The van der Waals surface area contributed by atoms with E-state index in [0.29, 0.717) is 5.15 Å². The number of aryl methyl sites for hydroxylation is 2. The minimum atomic E-state index is 0.543. The molecule has 0 atom stereocenters. The molecule has 0 bridgehead atoms. The van der Waals surface area contributed by atoms with E-state index < -0.39 is 0 Å². The molecule has 0 amide bonds. The highest BCUT2D eigenvalue weighted by atomic mass is 79.9. The van der Waals surface area contributed by atoms with Crippen molar-refractivity contribution >= 4 is 33.1 Å². The average Bonchev–Trinajstić information content (AvgIpc) is 2.02. The minimum absolute atomic E-state index is 0.543. The Morgan fingerprint density at radius 3 is 2.69 bits per heavy atom. The van der Waals surface area contributed by atoms with Gasteiger partial charge in [-0.3, -0.25) is 0 Å². The van der Waals surface area contributed by atoms with Crippen molar-refractivity contribution in [2.24, 2.45) is 0 Å². The van der Waals surface area contributed by atoms with Crippen LogP contribution in [0.15, 0.2) is 12.6 Å². The highest BCUT2D eigenvalue weighted by Crippen LogP contribution is 2.26. The molecule has 0 spiro atoms. The first-order valence-corrected chi connectivity index (χ1v) is 5.44. The van der Waals surface area contributed by atoms with E-state index in [2.05, 4.69) is 27.5 Å². The molecule has 1 aromatic heterocycles. The van der Waals surface area contributed by atoms with Gasteiger partial charge in [-0.15, -0.1) is 0 Å². The van der Waals surface area contributed by atoms with Crippen LogP contribution in [-0.2, 0) is 0 Å². The highest BCUT2D eigenvalue weighted by molar-refractivity contribution is 9.09. The molecule has 0 radical (unpaired) electrons. The molecular formula is C10H11BrClN. The summed E-state index contributed by atoms with van der Waals surface area (Å²) >= 11 is 9.37. The minimum Gasteiger partial charge on any atom is -0.241 e. The van der Waals surface area contributed by atoms with Crippen LogP contribution in [-0.4, -0.2) is 10.3 Å². The topological polar surface area (TPSA) is 12.9 Å². The number of hydrogen-bond acceptors (Lipinski definition) is 1. The van der Waals surface area contributed by atoms with Crippen molar-refractivity contribution in [2.75, 3.05) is 5.33 Å². The lowest BCUT2D eigenvalue weighted by Crippen LogP contribution is -1.95. The van der Waals surface area contributed by atoms with E-state index in [1.165, 1.54) is 0 Å². The zero-order valence-corrected chi connectivity index (χ0v) is 10.0. The van der Waals surface area contributed by atoms with Crippen LogP contribution in [0.5, 0.6) is 0 Å². The largest absolute Gasteiger partial charge is 0.241 e. The second kappa shape index (κ2) is 4.25. The van der Waals surface area contributed by atoms with E-state index in [0.717, 1.165) is 27.7 Å². The lowest BCUT2D eigenvalue weighted by molar-refractivity contribution is 1.16. The second-order valence-corrected chi connectivity index (χ2v) is 3.90. The predicted molar refractivity (Wildman–Crippen MR) is 61.5 cm³/mol. The molecular weight excluding hydrogens is 249 g/mol. The fraction of sp³-hybridized carbons (Fsp3) is 0.300. The van der Waals surface area contributed by atoms with Crippen molar-refractivity contribution in [3.63, 3.8) is 0 Å². The van der Waals surface area contributed by atoms with Gasteiger partial charge in [-0.2, -0.15) is 0 Å². The van der Waals surface area contributed by atoms with Gasteiger partial charge in [0.1, 0.15) is 5.15 Å². The smallest absolute Gasteiger partial charge is 0.137 e. The first kappa shape index (κ1) is 10.7. The molecule has 0 saturated heterocycles. The van der Waals surface area contributed by atoms with Gasteiger partial charge in [0.15, 0.2) is 0 Å². The number of pyridine rings is 1. The molecule has 13 heavy (non-hydrogen) atoms. The van der Waals surface area contributed by atoms with Crippen molar-refractivity contribution < 1.29 is 0 Å². The molecule has 1 nitrogen and oxygen atoms in total. The van der Waals surface area contributed by atoms with Gasteiger partial charge in [0, 0.05) is 16.6 Å². The number of aromatic nitrogens is 1. The second-order valence-electron chi connectivity index (χ2n) is 2.98. The zero-order chi connectivity index (χ0) is 10.0. The molecule has 0 aliphatic rings. The van der Waals surface area contributed by atoms with Crippen LogP contribution in [0.25, 0.3) is 5.57 Å². The van der Waals surface area contributed by atoms with Gasteiger partial charge >= 0.3 is 0 Å². The lowest BCUT2D eigenvalue weighted by Gasteiger charge is -2.09. The summed E-state index contributed by atoms with van der Waals surface area (Å²) in [6, 6.07) is 2.01. The summed E-state index contributed by atoms with van der Waals surface area (Å²) in [6.45, 7) is 7.87. The third kappa shape index (κ3) is 2.32. The van der Waals surface area contributed by atoms with E-state index in [4.69, 9.17) is 11.6 Å². The van der Waals surface area contributed by atoms with Crippen LogP contribution in [0.1, 0.15) is 16.8 Å². The Kier molecular flexibility index (Phi) is 3.51. The SMILES string of the molecule is C=C(CBr)c1c(C)cc(C)nc1Cl. The molecule has 0 fully saturated rings. The zero-order valence-electron chi connectivity index (χ0n) is 7.69. The third-order valence-electron chi connectivity index (χ3n) is 1.82. The quantitative estimate of drug-likeness (QED) is 0.583. The van der Waals surface area contributed by atoms with E-state index in [1.54, 1.807) is 0 Å². The van der Waals surface area contributed by atoms with E-state index >= 15 is 0 Å². The standard InChI is InChI=1S/C10H11BrClN/c1-6-4-8(3)13-10(12)9(6)7(2)5-11/h4H,2,5H2,1,3H3. The molecule has 0 aromatic carbocycles. The van der Waals surface area contributed by atoms with Crippen LogP contribution in [0, 0.1) is 13.8 Å². The molecule has 1 heterocycles. The van der Waals surface area contributed by atoms with Crippen LogP contribution in [0.3, 0.4) is 0 Å². The van der Waals surface area contributed by atoms with Gasteiger partial charge in [-0.1, -0.05) is 34.1 Å². The molecule has 0 aliphatic carbocycles. The van der Waals surface area contributed by atoms with Crippen LogP contribution < -0.4 is 0 Å². The average molecular weight is 261 g/mol.